The van der Waals surface area contributed by atoms with Crippen LogP contribution in [0.25, 0.3) is 22.6 Å². The molecule has 1 aliphatic rings. The van der Waals surface area contributed by atoms with Gasteiger partial charge in [0.1, 0.15) is 11.6 Å². The van der Waals surface area contributed by atoms with E-state index in [0.717, 1.165) is 12.1 Å². The molecule has 3 heterocycles. The largest absolute Gasteiger partial charge is 0.497 e. The van der Waals surface area contributed by atoms with Gasteiger partial charge in [0.25, 0.3) is 0 Å². The van der Waals surface area contributed by atoms with Crippen LogP contribution in [-0.2, 0) is 14.3 Å². The molecule has 1 aliphatic heterocycles. The second-order valence-corrected chi connectivity index (χ2v) is 9.75. The highest BCUT2D eigenvalue weighted by Crippen LogP contribution is 2.35. The Bertz CT molecular complexity index is 1470. The van der Waals surface area contributed by atoms with E-state index in [1.54, 1.807) is 31.5 Å². The number of rotatable bonds is 9. The Morgan fingerprint density at radius 3 is 2.65 bits per heavy atom. The average Bonchev–Trinajstić information content (AvgIpc) is 3.42. The quantitative estimate of drug-likeness (QED) is 0.268. The van der Waals surface area contributed by atoms with Crippen LogP contribution >= 0.6 is 0 Å². The molecule has 0 atom stereocenters. The number of nitrogens with one attached hydrogen (secondary N) is 3. The Morgan fingerprint density at radius 1 is 1.15 bits per heavy atom. The van der Waals surface area contributed by atoms with Crippen LogP contribution in [0.2, 0.25) is 0 Å². The molecule has 1 fully saturated rings. The normalized spacial score (nSPS) is 18.8. The molecule has 0 aliphatic carbocycles. The van der Waals surface area contributed by atoms with Crippen LogP contribution in [0.1, 0.15) is 32.4 Å². The number of anilines is 2. The Labute approximate surface area is 231 Å². The van der Waals surface area contributed by atoms with Crippen molar-refractivity contribution in [2.24, 2.45) is 5.41 Å². The van der Waals surface area contributed by atoms with Gasteiger partial charge in [-0.15, -0.1) is 0 Å². The Morgan fingerprint density at radius 2 is 1.93 bits per heavy atom. The Hall–Kier alpha value is -4.35. The van der Waals surface area contributed by atoms with Crippen LogP contribution in [0.4, 0.5) is 16.0 Å². The molecule has 4 aromatic rings. The van der Waals surface area contributed by atoms with E-state index in [0.29, 0.717) is 46.7 Å². The van der Waals surface area contributed by atoms with E-state index in [9.17, 15) is 9.18 Å². The summed E-state index contributed by atoms with van der Waals surface area (Å²) in [6, 6.07) is 15.2. The Balaban J connectivity index is 1.44. The van der Waals surface area contributed by atoms with Gasteiger partial charge in [-0.2, -0.15) is 0 Å². The van der Waals surface area contributed by atoms with Crippen LogP contribution in [0, 0.1) is 11.2 Å². The number of carbonyl (C=O) groups excluding carboxylic acids is 1. The van der Waals surface area contributed by atoms with Gasteiger partial charge in [-0.1, -0.05) is 13.0 Å². The first-order valence-electron chi connectivity index (χ1n) is 13.0. The SMILES string of the molecule is CCCNC(=O)C1(C)COC(c2nc(-c3ccc(F)cc3)c(-c3ccnc(Nc4cccc(OC)c4)n3)[nH]2)OC1. The lowest BCUT2D eigenvalue weighted by atomic mass is 9.91. The minimum Gasteiger partial charge on any atom is -0.497 e. The molecule has 3 N–H and O–H groups in total. The molecule has 5 rings (SSSR count). The second kappa shape index (κ2) is 11.8. The lowest BCUT2D eigenvalue weighted by Gasteiger charge is -2.35. The lowest BCUT2D eigenvalue weighted by Crippen LogP contribution is -2.48. The first-order chi connectivity index (χ1) is 19.4. The maximum Gasteiger partial charge on any atom is 0.230 e. The first kappa shape index (κ1) is 27.2. The molecular weight excluding hydrogens is 515 g/mol. The smallest absolute Gasteiger partial charge is 0.230 e. The average molecular weight is 547 g/mol. The van der Waals surface area contributed by atoms with E-state index < -0.39 is 11.7 Å². The van der Waals surface area contributed by atoms with Gasteiger partial charge in [-0.05, 0) is 55.8 Å². The lowest BCUT2D eigenvalue weighted by molar-refractivity contribution is -0.231. The summed E-state index contributed by atoms with van der Waals surface area (Å²) < 4.78 is 30.9. The highest BCUT2D eigenvalue weighted by atomic mass is 19.1. The fourth-order valence-corrected chi connectivity index (χ4v) is 4.24. The number of hydrogen-bond donors (Lipinski definition) is 3. The van der Waals surface area contributed by atoms with Crippen LogP contribution in [0.5, 0.6) is 5.75 Å². The standard InChI is InChI=1S/C29H31FN6O4/c1-4-13-31-27(37)29(2)16-39-26(40-17-29)25-35-23(18-8-10-19(30)11-9-18)24(36-25)22-12-14-32-28(34-22)33-20-6-5-7-21(15-20)38-3/h5-12,14-15,26H,4,13,16-17H2,1-3H3,(H,31,37)(H,35,36)(H,32,33,34). The number of aromatic amines is 1. The molecular formula is C29H31FN6O4. The summed E-state index contributed by atoms with van der Waals surface area (Å²) in [7, 11) is 1.60. The third-order valence-electron chi connectivity index (χ3n) is 6.49. The number of carbonyl (C=O) groups is 1. The predicted molar refractivity (Wildman–Crippen MR) is 147 cm³/mol. The summed E-state index contributed by atoms with van der Waals surface area (Å²) in [5, 5.41) is 6.09. The van der Waals surface area contributed by atoms with Gasteiger partial charge in [0, 0.05) is 30.1 Å². The van der Waals surface area contributed by atoms with Crippen molar-refractivity contribution in [3.05, 3.63) is 72.4 Å². The van der Waals surface area contributed by atoms with Crippen LogP contribution < -0.4 is 15.4 Å². The number of H-pyrrole nitrogens is 1. The maximum atomic E-state index is 13.7. The molecule has 11 heteroatoms. The van der Waals surface area contributed by atoms with E-state index in [1.807, 2.05) is 38.1 Å². The fraction of sp³-hybridized carbons (Fsp3) is 0.310. The van der Waals surface area contributed by atoms with E-state index in [4.69, 9.17) is 19.2 Å². The third kappa shape index (κ3) is 5.95. The maximum absolute atomic E-state index is 13.7. The number of methoxy groups -OCH3 is 1. The molecule has 2 aromatic carbocycles. The Kier molecular flexibility index (Phi) is 8.04. The highest BCUT2D eigenvalue weighted by Gasteiger charge is 2.40. The number of ether oxygens (including phenoxy) is 3. The highest BCUT2D eigenvalue weighted by molar-refractivity contribution is 5.82. The van der Waals surface area contributed by atoms with Crippen LogP contribution in [0.3, 0.4) is 0 Å². The molecule has 10 nitrogen and oxygen atoms in total. The van der Waals surface area contributed by atoms with Gasteiger partial charge in [-0.25, -0.2) is 19.3 Å². The zero-order valence-electron chi connectivity index (χ0n) is 22.5. The molecule has 1 saturated heterocycles. The van der Waals surface area contributed by atoms with Gasteiger partial charge < -0.3 is 29.8 Å². The number of imidazole rings is 1. The van der Waals surface area contributed by atoms with E-state index in [-0.39, 0.29) is 24.9 Å². The van der Waals surface area contributed by atoms with Crippen molar-refractivity contribution in [3.8, 4) is 28.4 Å². The number of aromatic nitrogens is 4. The summed E-state index contributed by atoms with van der Waals surface area (Å²) >= 11 is 0. The van der Waals surface area contributed by atoms with Crippen molar-refractivity contribution in [1.82, 2.24) is 25.3 Å². The van der Waals surface area contributed by atoms with E-state index >= 15 is 0 Å². The predicted octanol–water partition coefficient (Wildman–Crippen LogP) is 5.00. The monoisotopic (exact) mass is 546 g/mol. The number of hydrogen-bond acceptors (Lipinski definition) is 8. The van der Waals surface area contributed by atoms with Gasteiger partial charge in [0.15, 0.2) is 5.82 Å². The fourth-order valence-electron chi connectivity index (χ4n) is 4.24. The summed E-state index contributed by atoms with van der Waals surface area (Å²) in [5.74, 6) is 1.01. The van der Waals surface area contributed by atoms with Crippen molar-refractivity contribution < 1.29 is 23.4 Å². The van der Waals surface area contributed by atoms with E-state index in [1.165, 1.54) is 12.1 Å². The van der Waals surface area contributed by atoms with Crippen molar-refractivity contribution in [2.45, 2.75) is 26.6 Å². The third-order valence-corrected chi connectivity index (χ3v) is 6.49. The minimum absolute atomic E-state index is 0.114. The summed E-state index contributed by atoms with van der Waals surface area (Å²) in [5.41, 5.74) is 2.31. The van der Waals surface area contributed by atoms with Crippen molar-refractivity contribution in [1.29, 1.82) is 0 Å². The molecule has 0 bridgehead atoms. The molecule has 40 heavy (non-hydrogen) atoms. The topological polar surface area (TPSA) is 123 Å². The molecule has 0 unspecified atom stereocenters. The summed E-state index contributed by atoms with van der Waals surface area (Å²) in [6.45, 7) is 4.72. The zero-order valence-corrected chi connectivity index (χ0v) is 22.5. The molecule has 0 radical (unpaired) electrons. The van der Waals surface area contributed by atoms with Crippen molar-refractivity contribution >= 4 is 17.5 Å². The molecule has 208 valence electrons. The van der Waals surface area contributed by atoms with Gasteiger partial charge in [0.05, 0.1) is 42.8 Å². The van der Waals surface area contributed by atoms with Crippen molar-refractivity contribution in [3.63, 3.8) is 0 Å². The second-order valence-electron chi connectivity index (χ2n) is 9.75. The van der Waals surface area contributed by atoms with Gasteiger partial charge >= 0.3 is 0 Å². The molecule has 0 spiro atoms. The van der Waals surface area contributed by atoms with Crippen LogP contribution in [-0.4, -0.2) is 52.7 Å². The first-order valence-corrected chi connectivity index (χ1v) is 13.0. The van der Waals surface area contributed by atoms with Gasteiger partial charge in [-0.3, -0.25) is 4.79 Å². The van der Waals surface area contributed by atoms with Crippen LogP contribution in [0.15, 0.2) is 60.8 Å². The number of amides is 1. The molecule has 2 aromatic heterocycles. The zero-order chi connectivity index (χ0) is 28.1. The van der Waals surface area contributed by atoms with Crippen molar-refractivity contribution in [2.75, 3.05) is 32.2 Å². The summed E-state index contributed by atoms with van der Waals surface area (Å²) in [4.78, 5) is 29.7. The van der Waals surface area contributed by atoms with Gasteiger partial charge in [0.2, 0.25) is 18.1 Å². The minimum atomic E-state index is -0.823. The number of benzene rings is 2. The number of halogens is 1. The molecule has 0 saturated carbocycles. The van der Waals surface area contributed by atoms with E-state index in [2.05, 4.69) is 25.6 Å². The summed E-state index contributed by atoms with van der Waals surface area (Å²) in [6.07, 6.45) is 1.65. The number of nitrogens with zero attached hydrogens (tertiary/aromatic N) is 3. The molecule has 1 amide bonds.